The van der Waals surface area contributed by atoms with Gasteiger partial charge in [-0.05, 0) is 36.2 Å². The van der Waals surface area contributed by atoms with Gasteiger partial charge in [-0.15, -0.1) is 0 Å². The van der Waals surface area contributed by atoms with Crippen LogP contribution in [0.4, 0.5) is 0 Å². The maximum Gasteiger partial charge on any atom is 0.335 e. The van der Waals surface area contributed by atoms with Gasteiger partial charge in [0.05, 0.1) is 23.1 Å². The van der Waals surface area contributed by atoms with Gasteiger partial charge >= 0.3 is 5.97 Å². The molecule has 0 amide bonds. The number of benzene rings is 3. The second-order valence-electron chi connectivity index (χ2n) is 6.71. The fourth-order valence-corrected chi connectivity index (χ4v) is 4.21. The van der Waals surface area contributed by atoms with Crippen LogP contribution in [-0.2, 0) is 12.3 Å². The van der Waals surface area contributed by atoms with Crippen molar-refractivity contribution in [3.63, 3.8) is 0 Å². The normalized spacial score (nSPS) is 11.0. The number of fused-ring (bicyclic) bond motifs is 1. The average Bonchev–Trinajstić information content (AvgIpc) is 3.06. The third-order valence-electron chi connectivity index (χ3n) is 4.69. The minimum absolute atomic E-state index is 0.344. The van der Waals surface area contributed by atoms with Crippen LogP contribution < -0.4 is 0 Å². The second-order valence-corrected chi connectivity index (χ2v) is 7.65. The average molecular weight is 388 g/mol. The van der Waals surface area contributed by atoms with E-state index in [2.05, 4.69) is 41.8 Å². The number of carboxylic acid groups (broad SMARTS) is 1. The number of thioether (sulfide) groups is 1. The Balaban J connectivity index is 1.67. The molecule has 1 N–H and O–H groups in total. The molecule has 4 aromatic rings. The molecule has 0 bridgehead atoms. The van der Waals surface area contributed by atoms with Gasteiger partial charge in [0, 0.05) is 5.75 Å². The Morgan fingerprint density at radius 1 is 1.00 bits per heavy atom. The van der Waals surface area contributed by atoms with Crippen LogP contribution in [0.1, 0.15) is 27.0 Å². The molecule has 28 heavy (non-hydrogen) atoms. The highest BCUT2D eigenvalue weighted by atomic mass is 32.2. The zero-order chi connectivity index (χ0) is 19.5. The monoisotopic (exact) mass is 388 g/mol. The lowest BCUT2D eigenvalue weighted by Gasteiger charge is -2.10. The first-order valence-electron chi connectivity index (χ1n) is 9.06. The van der Waals surface area contributed by atoms with Crippen molar-refractivity contribution in [2.75, 3.05) is 0 Å². The van der Waals surface area contributed by atoms with Crippen molar-refractivity contribution >= 4 is 28.8 Å². The van der Waals surface area contributed by atoms with E-state index in [1.165, 1.54) is 11.1 Å². The van der Waals surface area contributed by atoms with E-state index in [-0.39, 0.29) is 0 Å². The highest BCUT2D eigenvalue weighted by Gasteiger charge is 2.14. The van der Waals surface area contributed by atoms with Crippen molar-refractivity contribution < 1.29 is 9.90 Å². The number of hydrogen-bond donors (Lipinski definition) is 1. The Morgan fingerprint density at radius 2 is 1.71 bits per heavy atom. The molecule has 1 aromatic heterocycles. The van der Waals surface area contributed by atoms with E-state index in [0.29, 0.717) is 11.3 Å². The minimum atomic E-state index is -0.899. The maximum absolute atomic E-state index is 11.5. The lowest BCUT2D eigenvalue weighted by molar-refractivity contribution is 0.0696. The quantitative estimate of drug-likeness (QED) is 0.450. The molecular formula is C23H20N2O2S. The van der Waals surface area contributed by atoms with Gasteiger partial charge < -0.3 is 9.67 Å². The molecule has 0 aliphatic rings. The fourth-order valence-electron chi connectivity index (χ4n) is 3.19. The van der Waals surface area contributed by atoms with E-state index in [9.17, 15) is 9.90 Å². The van der Waals surface area contributed by atoms with E-state index in [1.54, 1.807) is 23.9 Å². The van der Waals surface area contributed by atoms with Crippen LogP contribution >= 0.6 is 11.8 Å². The predicted octanol–water partition coefficient (Wildman–Crippen LogP) is 5.38. The Bertz CT molecular complexity index is 1130. The van der Waals surface area contributed by atoms with Crippen molar-refractivity contribution in [3.05, 3.63) is 95.1 Å². The van der Waals surface area contributed by atoms with E-state index < -0.39 is 5.97 Å². The van der Waals surface area contributed by atoms with E-state index >= 15 is 0 Å². The number of carboxylic acids is 1. The van der Waals surface area contributed by atoms with Gasteiger partial charge in [0.25, 0.3) is 0 Å². The molecule has 140 valence electrons. The molecule has 0 radical (unpaired) electrons. The van der Waals surface area contributed by atoms with E-state index in [1.807, 2.05) is 30.3 Å². The topological polar surface area (TPSA) is 55.1 Å². The number of carbonyl (C=O) groups is 1. The molecular weight excluding hydrogens is 368 g/mol. The summed E-state index contributed by atoms with van der Waals surface area (Å²) in [6, 6.07) is 23.7. The van der Waals surface area contributed by atoms with Crippen LogP contribution in [0.2, 0.25) is 0 Å². The van der Waals surface area contributed by atoms with Crippen molar-refractivity contribution in [2.45, 2.75) is 24.4 Å². The van der Waals surface area contributed by atoms with Crippen molar-refractivity contribution in [1.82, 2.24) is 9.55 Å². The minimum Gasteiger partial charge on any atom is -0.478 e. The molecule has 4 nitrogen and oxygen atoms in total. The molecule has 0 spiro atoms. The number of para-hydroxylation sites is 2. The summed E-state index contributed by atoms with van der Waals surface area (Å²) in [5.74, 6) is -0.343. The van der Waals surface area contributed by atoms with E-state index in [0.717, 1.165) is 28.3 Å². The lowest BCUT2D eigenvalue weighted by Crippen LogP contribution is -2.03. The molecule has 0 saturated carbocycles. The lowest BCUT2D eigenvalue weighted by atomic mass is 10.1. The zero-order valence-corrected chi connectivity index (χ0v) is 16.3. The summed E-state index contributed by atoms with van der Waals surface area (Å²) in [6.45, 7) is 2.81. The number of aromatic carboxylic acids is 1. The zero-order valence-electron chi connectivity index (χ0n) is 15.5. The molecule has 0 atom stereocenters. The van der Waals surface area contributed by atoms with Gasteiger partial charge in [-0.2, -0.15) is 0 Å². The van der Waals surface area contributed by atoms with Crippen LogP contribution in [0, 0.1) is 6.92 Å². The summed E-state index contributed by atoms with van der Waals surface area (Å²) >= 11 is 1.57. The third kappa shape index (κ3) is 3.80. The first-order valence-corrected chi connectivity index (χ1v) is 10.0. The molecule has 0 aliphatic heterocycles. The Kier molecular flexibility index (Phi) is 5.17. The summed E-state index contributed by atoms with van der Waals surface area (Å²) in [7, 11) is 0. The van der Waals surface area contributed by atoms with Gasteiger partial charge in [0.15, 0.2) is 5.16 Å². The highest BCUT2D eigenvalue weighted by Crippen LogP contribution is 2.28. The first kappa shape index (κ1) is 18.3. The molecule has 5 heteroatoms. The summed E-state index contributed by atoms with van der Waals surface area (Å²) in [4.78, 5) is 16.3. The maximum atomic E-state index is 11.5. The number of nitrogens with zero attached hydrogens (tertiary/aromatic N) is 2. The molecule has 4 rings (SSSR count). The van der Waals surface area contributed by atoms with Crippen LogP contribution in [-0.4, -0.2) is 20.6 Å². The van der Waals surface area contributed by atoms with Crippen LogP contribution in [0.3, 0.4) is 0 Å². The third-order valence-corrected chi connectivity index (χ3v) is 5.71. The summed E-state index contributed by atoms with van der Waals surface area (Å²) in [6.07, 6.45) is 0. The van der Waals surface area contributed by atoms with Gasteiger partial charge in [0.1, 0.15) is 0 Å². The van der Waals surface area contributed by atoms with Gasteiger partial charge in [-0.3, -0.25) is 0 Å². The molecule has 0 unspecified atom stereocenters. The van der Waals surface area contributed by atoms with Gasteiger partial charge in [-0.25, -0.2) is 9.78 Å². The Morgan fingerprint density at radius 3 is 2.50 bits per heavy atom. The van der Waals surface area contributed by atoms with Crippen molar-refractivity contribution in [3.8, 4) is 0 Å². The van der Waals surface area contributed by atoms with Crippen molar-refractivity contribution in [1.29, 1.82) is 0 Å². The number of imidazole rings is 1. The highest BCUT2D eigenvalue weighted by molar-refractivity contribution is 7.98. The number of rotatable bonds is 6. The predicted molar refractivity (Wildman–Crippen MR) is 113 cm³/mol. The Hall–Kier alpha value is -3.05. The second kappa shape index (κ2) is 7.90. The molecule has 0 fully saturated rings. The van der Waals surface area contributed by atoms with Crippen LogP contribution in [0.25, 0.3) is 11.0 Å². The van der Waals surface area contributed by atoms with Crippen LogP contribution in [0.5, 0.6) is 0 Å². The standard InChI is InChI=1S/C23H20N2O2S/c1-16-10-12-17(13-11-16)14-25-21-9-5-4-8-20(21)24-23(25)28-15-18-6-2-3-7-19(18)22(26)27/h2-13H,14-15H2,1H3,(H,26,27). The summed E-state index contributed by atoms with van der Waals surface area (Å²) < 4.78 is 2.20. The molecule has 0 aliphatic carbocycles. The Labute approximate surface area is 167 Å². The number of aromatic nitrogens is 2. The smallest absolute Gasteiger partial charge is 0.335 e. The number of hydrogen-bond acceptors (Lipinski definition) is 3. The largest absolute Gasteiger partial charge is 0.478 e. The molecule has 0 saturated heterocycles. The van der Waals surface area contributed by atoms with Crippen molar-refractivity contribution in [2.24, 2.45) is 0 Å². The van der Waals surface area contributed by atoms with Gasteiger partial charge in [-0.1, -0.05) is 71.9 Å². The SMILES string of the molecule is Cc1ccc(Cn2c(SCc3ccccc3C(=O)O)nc3ccccc32)cc1. The number of aryl methyl sites for hydroxylation is 1. The summed E-state index contributed by atoms with van der Waals surface area (Å²) in [5, 5.41) is 10.3. The molecule has 1 heterocycles. The van der Waals surface area contributed by atoms with Crippen LogP contribution in [0.15, 0.2) is 78.0 Å². The van der Waals surface area contributed by atoms with E-state index in [4.69, 9.17) is 4.98 Å². The molecule has 3 aromatic carbocycles. The summed E-state index contributed by atoms with van der Waals surface area (Å²) in [5.41, 5.74) is 5.62. The fraction of sp³-hybridized carbons (Fsp3) is 0.130. The first-order chi connectivity index (χ1) is 13.6. The van der Waals surface area contributed by atoms with Gasteiger partial charge in [0.2, 0.25) is 0 Å².